The molecule has 0 saturated heterocycles. The number of anilines is 1. The molecule has 0 bridgehead atoms. The van der Waals surface area contributed by atoms with Crippen molar-refractivity contribution in [3.63, 3.8) is 0 Å². The number of rotatable bonds is 10. The highest BCUT2D eigenvalue weighted by atomic mass is 32.1. The number of aryl methyl sites for hydroxylation is 2. The predicted octanol–water partition coefficient (Wildman–Crippen LogP) is 3.67. The van der Waals surface area contributed by atoms with Crippen LogP contribution in [0.25, 0.3) is 10.2 Å². The summed E-state index contributed by atoms with van der Waals surface area (Å²) in [6, 6.07) is 8.74. The monoisotopic (exact) mass is 551 g/mol. The number of hydrogen-bond donors (Lipinski definition) is 1. The highest BCUT2D eigenvalue weighted by Crippen LogP contribution is 2.28. The van der Waals surface area contributed by atoms with Gasteiger partial charge in [-0.15, -0.1) is 11.3 Å². The van der Waals surface area contributed by atoms with E-state index in [1.807, 2.05) is 30.3 Å². The summed E-state index contributed by atoms with van der Waals surface area (Å²) in [6.07, 6.45) is 3.45. The van der Waals surface area contributed by atoms with Gasteiger partial charge in [-0.25, -0.2) is 14.6 Å². The van der Waals surface area contributed by atoms with Crippen LogP contribution in [0.2, 0.25) is 0 Å². The second kappa shape index (κ2) is 12.0. The highest BCUT2D eigenvalue weighted by Gasteiger charge is 2.27. The van der Waals surface area contributed by atoms with Crippen LogP contribution >= 0.6 is 11.3 Å². The van der Waals surface area contributed by atoms with Crippen LogP contribution in [-0.4, -0.2) is 50.4 Å². The maximum absolute atomic E-state index is 13.5. The number of ether oxygens (including phenoxy) is 2. The largest absolute Gasteiger partial charge is 0.462 e. The summed E-state index contributed by atoms with van der Waals surface area (Å²) in [5, 5.41) is 7.00. The minimum atomic E-state index is -0.931. The van der Waals surface area contributed by atoms with Crippen molar-refractivity contribution in [1.82, 2.24) is 19.3 Å². The first kappa shape index (κ1) is 27.7. The minimum Gasteiger partial charge on any atom is -0.462 e. The van der Waals surface area contributed by atoms with Crippen LogP contribution in [-0.2, 0) is 27.7 Å². The normalized spacial score (nSPS) is 11.8. The number of nitrogens with zero attached hydrogens (tertiary/aromatic N) is 4. The van der Waals surface area contributed by atoms with Crippen LogP contribution in [0, 0.1) is 6.92 Å². The highest BCUT2D eigenvalue weighted by molar-refractivity contribution is 7.20. The maximum Gasteiger partial charge on any atom is 0.348 e. The molecule has 12 heteroatoms. The van der Waals surface area contributed by atoms with Gasteiger partial charge in [-0.1, -0.05) is 37.3 Å². The van der Waals surface area contributed by atoms with Gasteiger partial charge in [-0.2, -0.15) is 5.10 Å². The first-order valence-corrected chi connectivity index (χ1v) is 13.3. The molecule has 204 valence electrons. The van der Waals surface area contributed by atoms with E-state index in [0.29, 0.717) is 21.7 Å². The van der Waals surface area contributed by atoms with Gasteiger partial charge in [0.05, 0.1) is 31.1 Å². The van der Waals surface area contributed by atoms with Crippen LogP contribution in [0.4, 0.5) is 5.82 Å². The van der Waals surface area contributed by atoms with Crippen molar-refractivity contribution in [3.8, 4) is 0 Å². The van der Waals surface area contributed by atoms with E-state index >= 15 is 0 Å². The molecule has 39 heavy (non-hydrogen) atoms. The number of esters is 2. The van der Waals surface area contributed by atoms with Crippen molar-refractivity contribution in [2.45, 2.75) is 39.7 Å². The lowest BCUT2D eigenvalue weighted by Crippen LogP contribution is -2.34. The molecule has 1 N–H and O–H groups in total. The average Bonchev–Trinajstić information content (AvgIpc) is 3.46. The standard InChI is InChI=1S/C27H29N5O6S/c1-5-19(23(33)30-22-18(14-29-31(22)4)26(35)37-6-2)32-15-28-24-20(25(32)34)16(3)21(39-24)27(36)38-13-12-17-10-8-7-9-11-17/h7-11,14-15,19H,5-6,12-13H2,1-4H3,(H,30,33). The quantitative estimate of drug-likeness (QED) is 0.295. The lowest BCUT2D eigenvalue weighted by Gasteiger charge is -2.18. The molecule has 1 amide bonds. The third-order valence-corrected chi connectivity index (χ3v) is 7.41. The molecule has 0 radical (unpaired) electrons. The third-order valence-electron chi connectivity index (χ3n) is 6.23. The topological polar surface area (TPSA) is 134 Å². The Bertz CT molecular complexity index is 1570. The molecule has 1 unspecified atom stereocenters. The van der Waals surface area contributed by atoms with E-state index in [1.54, 1.807) is 27.8 Å². The molecular formula is C27H29N5O6S. The van der Waals surface area contributed by atoms with Crippen LogP contribution in [0.1, 0.15) is 57.5 Å². The zero-order chi connectivity index (χ0) is 28.1. The van der Waals surface area contributed by atoms with Gasteiger partial charge in [0.15, 0.2) is 0 Å². The number of amides is 1. The summed E-state index contributed by atoms with van der Waals surface area (Å²) in [7, 11) is 1.58. The van der Waals surface area contributed by atoms with Gasteiger partial charge in [0.2, 0.25) is 5.91 Å². The second-order valence-electron chi connectivity index (χ2n) is 8.73. The first-order valence-electron chi connectivity index (χ1n) is 12.5. The van der Waals surface area contributed by atoms with Crippen molar-refractivity contribution < 1.29 is 23.9 Å². The fourth-order valence-corrected chi connectivity index (χ4v) is 5.21. The zero-order valence-electron chi connectivity index (χ0n) is 22.1. The lowest BCUT2D eigenvalue weighted by atomic mass is 10.1. The number of nitrogens with one attached hydrogen (secondary N) is 1. The van der Waals surface area contributed by atoms with Crippen molar-refractivity contribution in [2.75, 3.05) is 18.5 Å². The van der Waals surface area contributed by atoms with Gasteiger partial charge < -0.3 is 14.8 Å². The van der Waals surface area contributed by atoms with E-state index in [2.05, 4.69) is 15.4 Å². The summed E-state index contributed by atoms with van der Waals surface area (Å²) in [5.41, 5.74) is 1.16. The molecule has 0 fully saturated rings. The summed E-state index contributed by atoms with van der Waals surface area (Å²) >= 11 is 1.08. The molecule has 3 aromatic heterocycles. The molecule has 0 aliphatic carbocycles. The SMILES string of the molecule is CCOC(=O)c1cnn(C)c1NC(=O)C(CC)n1cnc2sc(C(=O)OCCc3ccccc3)c(C)c2c1=O. The third kappa shape index (κ3) is 5.75. The molecule has 0 spiro atoms. The van der Waals surface area contributed by atoms with Crippen LogP contribution in [0.5, 0.6) is 0 Å². The molecule has 3 heterocycles. The number of carbonyl (C=O) groups excluding carboxylic acids is 3. The van der Waals surface area contributed by atoms with E-state index in [-0.39, 0.29) is 36.4 Å². The molecular weight excluding hydrogens is 522 g/mol. The number of fused-ring (bicyclic) bond motifs is 1. The number of carbonyl (C=O) groups is 3. The fraction of sp³-hybridized carbons (Fsp3) is 0.333. The Morgan fingerprint density at radius 3 is 2.54 bits per heavy atom. The number of hydrogen-bond acceptors (Lipinski definition) is 9. The van der Waals surface area contributed by atoms with Crippen LogP contribution in [0.15, 0.2) is 47.7 Å². The summed E-state index contributed by atoms with van der Waals surface area (Å²) < 4.78 is 13.1. The van der Waals surface area contributed by atoms with Gasteiger partial charge >= 0.3 is 11.9 Å². The molecule has 1 aromatic carbocycles. The van der Waals surface area contributed by atoms with E-state index in [4.69, 9.17) is 9.47 Å². The van der Waals surface area contributed by atoms with E-state index < -0.39 is 29.4 Å². The maximum atomic E-state index is 13.5. The second-order valence-corrected chi connectivity index (χ2v) is 9.73. The number of thiophene rings is 1. The Morgan fingerprint density at radius 2 is 1.85 bits per heavy atom. The Balaban J connectivity index is 1.57. The summed E-state index contributed by atoms with van der Waals surface area (Å²) in [6.45, 7) is 5.47. The van der Waals surface area contributed by atoms with Crippen molar-refractivity contribution >= 4 is 45.2 Å². The van der Waals surface area contributed by atoms with Crippen molar-refractivity contribution in [1.29, 1.82) is 0 Å². The first-order chi connectivity index (χ1) is 18.8. The molecule has 0 aliphatic rings. The molecule has 11 nitrogen and oxygen atoms in total. The zero-order valence-corrected chi connectivity index (χ0v) is 22.9. The minimum absolute atomic E-state index is 0.104. The van der Waals surface area contributed by atoms with Crippen LogP contribution < -0.4 is 10.9 Å². The molecule has 4 aromatic rings. The Kier molecular flexibility index (Phi) is 8.55. The number of aromatic nitrogens is 4. The number of benzene rings is 1. The van der Waals surface area contributed by atoms with Gasteiger partial charge in [-0.05, 0) is 31.4 Å². The van der Waals surface area contributed by atoms with Crippen LogP contribution in [0.3, 0.4) is 0 Å². The average molecular weight is 552 g/mol. The fourth-order valence-electron chi connectivity index (χ4n) is 4.18. The van der Waals surface area contributed by atoms with Gasteiger partial charge in [0.1, 0.15) is 27.1 Å². The Hall–Kier alpha value is -4.32. The van der Waals surface area contributed by atoms with Gasteiger partial charge in [0, 0.05) is 13.5 Å². The van der Waals surface area contributed by atoms with E-state index in [1.165, 1.54) is 21.8 Å². The van der Waals surface area contributed by atoms with Crippen molar-refractivity contribution in [3.05, 3.63) is 74.8 Å². The Labute approximate surface area is 228 Å². The molecule has 1 atom stereocenters. The van der Waals surface area contributed by atoms with Gasteiger partial charge in [-0.3, -0.25) is 18.8 Å². The Morgan fingerprint density at radius 1 is 1.10 bits per heavy atom. The van der Waals surface area contributed by atoms with E-state index in [9.17, 15) is 19.2 Å². The summed E-state index contributed by atoms with van der Waals surface area (Å²) in [4.78, 5) is 56.9. The molecule has 0 saturated carbocycles. The predicted molar refractivity (Wildman–Crippen MR) is 146 cm³/mol. The summed E-state index contributed by atoms with van der Waals surface area (Å²) in [5.74, 6) is -1.51. The molecule has 4 rings (SSSR count). The lowest BCUT2D eigenvalue weighted by molar-refractivity contribution is -0.119. The van der Waals surface area contributed by atoms with Crippen molar-refractivity contribution in [2.24, 2.45) is 7.05 Å². The smallest absolute Gasteiger partial charge is 0.348 e. The molecule has 0 aliphatic heterocycles. The van der Waals surface area contributed by atoms with E-state index in [0.717, 1.165) is 16.9 Å². The van der Waals surface area contributed by atoms with Gasteiger partial charge in [0.25, 0.3) is 5.56 Å².